The molecule has 1 aliphatic rings. The number of amides is 1. The van der Waals surface area contributed by atoms with E-state index in [0.717, 1.165) is 25.3 Å². The van der Waals surface area contributed by atoms with Crippen LogP contribution in [0.5, 0.6) is 0 Å². The minimum atomic E-state index is 0.0106. The first kappa shape index (κ1) is 13.1. The summed E-state index contributed by atoms with van der Waals surface area (Å²) in [6.45, 7) is 1.98. The van der Waals surface area contributed by atoms with Crippen molar-refractivity contribution < 1.29 is 4.79 Å². The van der Waals surface area contributed by atoms with E-state index in [-0.39, 0.29) is 11.9 Å². The smallest absolute Gasteiger partial charge is 0.221 e. The molecule has 0 aliphatic carbocycles. The molecule has 1 aromatic rings. The molecular weight excluding hydrogens is 252 g/mol. The molecule has 0 radical (unpaired) electrons. The third-order valence-electron chi connectivity index (χ3n) is 2.96. The van der Waals surface area contributed by atoms with Gasteiger partial charge in [-0.1, -0.05) is 11.6 Å². The molecule has 18 heavy (non-hydrogen) atoms. The zero-order chi connectivity index (χ0) is 13.0. The van der Waals surface area contributed by atoms with E-state index < -0.39 is 0 Å². The third kappa shape index (κ3) is 3.11. The van der Waals surface area contributed by atoms with Crippen LogP contribution in [0.25, 0.3) is 0 Å². The number of aromatic nitrogens is 1. The molecule has 1 fully saturated rings. The van der Waals surface area contributed by atoms with Crippen LogP contribution in [0.15, 0.2) is 18.3 Å². The molecule has 6 heteroatoms. The van der Waals surface area contributed by atoms with Crippen molar-refractivity contribution >= 4 is 23.3 Å². The number of pyridine rings is 1. The van der Waals surface area contributed by atoms with Gasteiger partial charge in [-0.25, -0.2) is 4.98 Å². The minimum absolute atomic E-state index is 0.0106. The molecule has 0 saturated carbocycles. The van der Waals surface area contributed by atoms with Crippen LogP contribution in [0.1, 0.15) is 12.8 Å². The van der Waals surface area contributed by atoms with Gasteiger partial charge in [0.2, 0.25) is 5.91 Å². The lowest BCUT2D eigenvalue weighted by Gasteiger charge is -2.18. The van der Waals surface area contributed by atoms with E-state index in [4.69, 9.17) is 17.3 Å². The summed E-state index contributed by atoms with van der Waals surface area (Å²) in [6.07, 6.45) is 3.01. The van der Waals surface area contributed by atoms with E-state index in [9.17, 15) is 4.79 Å². The maximum Gasteiger partial charge on any atom is 0.221 e. The summed E-state index contributed by atoms with van der Waals surface area (Å²) in [5.74, 6) is 0.797. The Morgan fingerprint density at radius 3 is 3.22 bits per heavy atom. The highest BCUT2D eigenvalue weighted by Gasteiger charge is 2.25. The molecule has 5 nitrogen and oxygen atoms in total. The van der Waals surface area contributed by atoms with Gasteiger partial charge in [0.05, 0.1) is 5.02 Å². The Kier molecular flexibility index (Phi) is 4.38. The van der Waals surface area contributed by atoms with Crippen molar-refractivity contribution in [2.45, 2.75) is 18.9 Å². The summed E-state index contributed by atoms with van der Waals surface area (Å²) >= 11 is 6.10. The summed E-state index contributed by atoms with van der Waals surface area (Å²) in [5.41, 5.74) is 5.34. The SMILES string of the molecule is NCCC(=O)NC1CCN(c2ncccc2Cl)C1. The normalized spacial score (nSPS) is 19.0. The van der Waals surface area contributed by atoms with Gasteiger partial charge in [0.1, 0.15) is 5.82 Å². The fourth-order valence-corrected chi connectivity index (χ4v) is 2.35. The van der Waals surface area contributed by atoms with Crippen LogP contribution in [0, 0.1) is 0 Å². The standard InChI is InChI=1S/C12H17ClN4O/c13-10-2-1-6-15-12(10)17-7-4-9(8-17)16-11(18)3-5-14/h1-2,6,9H,3-5,7-8,14H2,(H,16,18). The van der Waals surface area contributed by atoms with Gasteiger partial charge in [-0.3, -0.25) is 4.79 Å². The number of carbonyl (C=O) groups is 1. The predicted molar refractivity (Wildman–Crippen MR) is 71.7 cm³/mol. The van der Waals surface area contributed by atoms with Crippen LogP contribution in [0.2, 0.25) is 5.02 Å². The van der Waals surface area contributed by atoms with Crippen LogP contribution >= 0.6 is 11.6 Å². The zero-order valence-electron chi connectivity index (χ0n) is 10.1. The first-order valence-corrected chi connectivity index (χ1v) is 6.43. The van der Waals surface area contributed by atoms with Crippen molar-refractivity contribution in [3.63, 3.8) is 0 Å². The number of anilines is 1. The second-order valence-corrected chi connectivity index (χ2v) is 4.75. The minimum Gasteiger partial charge on any atom is -0.353 e. The average molecular weight is 269 g/mol. The lowest BCUT2D eigenvalue weighted by molar-refractivity contribution is -0.121. The molecule has 0 aromatic carbocycles. The van der Waals surface area contributed by atoms with E-state index in [2.05, 4.69) is 15.2 Å². The number of rotatable bonds is 4. The maximum absolute atomic E-state index is 11.5. The summed E-state index contributed by atoms with van der Waals surface area (Å²) < 4.78 is 0. The Labute approximate surface area is 111 Å². The Hall–Kier alpha value is -1.33. The Morgan fingerprint density at radius 1 is 1.67 bits per heavy atom. The summed E-state index contributed by atoms with van der Waals surface area (Å²) in [7, 11) is 0. The highest BCUT2D eigenvalue weighted by atomic mass is 35.5. The third-order valence-corrected chi connectivity index (χ3v) is 3.26. The fourth-order valence-electron chi connectivity index (χ4n) is 2.11. The number of carbonyl (C=O) groups excluding carboxylic acids is 1. The molecule has 2 rings (SSSR count). The molecular formula is C12H17ClN4O. The van der Waals surface area contributed by atoms with Gasteiger partial charge in [-0.2, -0.15) is 0 Å². The quantitative estimate of drug-likeness (QED) is 0.847. The molecule has 3 N–H and O–H groups in total. The second kappa shape index (κ2) is 6.02. The predicted octanol–water partition coefficient (Wildman–Crippen LogP) is 0.779. The number of hydrogen-bond acceptors (Lipinski definition) is 4. The highest BCUT2D eigenvalue weighted by molar-refractivity contribution is 6.32. The number of halogens is 1. The van der Waals surface area contributed by atoms with E-state index in [0.29, 0.717) is 18.0 Å². The lowest BCUT2D eigenvalue weighted by atomic mass is 10.2. The number of hydrogen-bond donors (Lipinski definition) is 2. The van der Waals surface area contributed by atoms with Crippen LogP contribution < -0.4 is 16.0 Å². The topological polar surface area (TPSA) is 71.2 Å². The summed E-state index contributed by atoms with van der Waals surface area (Å²) in [4.78, 5) is 17.8. The second-order valence-electron chi connectivity index (χ2n) is 4.35. The molecule has 1 atom stereocenters. The van der Waals surface area contributed by atoms with Gasteiger partial charge >= 0.3 is 0 Å². The van der Waals surface area contributed by atoms with Crippen molar-refractivity contribution in [2.75, 3.05) is 24.5 Å². The lowest BCUT2D eigenvalue weighted by Crippen LogP contribution is -2.38. The van der Waals surface area contributed by atoms with Crippen molar-refractivity contribution in [1.29, 1.82) is 0 Å². The molecule has 0 bridgehead atoms. The number of nitrogens with one attached hydrogen (secondary N) is 1. The molecule has 1 amide bonds. The molecule has 1 aromatic heterocycles. The van der Waals surface area contributed by atoms with Gasteiger partial charge < -0.3 is 16.0 Å². The van der Waals surface area contributed by atoms with E-state index >= 15 is 0 Å². The highest BCUT2D eigenvalue weighted by Crippen LogP contribution is 2.25. The number of nitrogens with zero attached hydrogens (tertiary/aromatic N) is 2. The molecule has 1 saturated heterocycles. The molecule has 0 spiro atoms. The molecule has 2 heterocycles. The molecule has 1 aliphatic heterocycles. The fraction of sp³-hybridized carbons (Fsp3) is 0.500. The monoisotopic (exact) mass is 268 g/mol. The van der Waals surface area contributed by atoms with E-state index in [1.807, 2.05) is 12.1 Å². The van der Waals surface area contributed by atoms with Crippen LogP contribution in [-0.4, -0.2) is 36.6 Å². The summed E-state index contributed by atoms with van der Waals surface area (Å²) in [6, 6.07) is 3.79. The Bertz CT molecular complexity index is 426. The van der Waals surface area contributed by atoms with Crippen LogP contribution in [-0.2, 0) is 4.79 Å². The van der Waals surface area contributed by atoms with Crippen molar-refractivity contribution in [3.8, 4) is 0 Å². The van der Waals surface area contributed by atoms with Crippen molar-refractivity contribution in [1.82, 2.24) is 10.3 Å². The van der Waals surface area contributed by atoms with E-state index in [1.165, 1.54) is 0 Å². The van der Waals surface area contributed by atoms with Crippen molar-refractivity contribution in [2.24, 2.45) is 5.73 Å². The van der Waals surface area contributed by atoms with Gasteiger partial charge in [0.15, 0.2) is 0 Å². The van der Waals surface area contributed by atoms with Gasteiger partial charge in [-0.15, -0.1) is 0 Å². The van der Waals surface area contributed by atoms with Crippen molar-refractivity contribution in [3.05, 3.63) is 23.4 Å². The van der Waals surface area contributed by atoms with Crippen LogP contribution in [0.3, 0.4) is 0 Å². The summed E-state index contributed by atoms with van der Waals surface area (Å²) in [5, 5.41) is 3.61. The van der Waals surface area contributed by atoms with E-state index in [1.54, 1.807) is 6.20 Å². The Balaban J connectivity index is 1.92. The average Bonchev–Trinajstić information content (AvgIpc) is 2.78. The molecule has 1 unspecified atom stereocenters. The van der Waals surface area contributed by atoms with Gasteiger partial charge in [-0.05, 0) is 18.6 Å². The number of nitrogens with two attached hydrogens (primary N) is 1. The van der Waals surface area contributed by atoms with Gasteiger partial charge in [0.25, 0.3) is 0 Å². The van der Waals surface area contributed by atoms with Gasteiger partial charge in [0, 0.05) is 38.3 Å². The van der Waals surface area contributed by atoms with Crippen LogP contribution in [0.4, 0.5) is 5.82 Å². The largest absolute Gasteiger partial charge is 0.353 e. The molecule has 98 valence electrons. The first-order chi connectivity index (χ1) is 8.70. The zero-order valence-corrected chi connectivity index (χ0v) is 10.9. The maximum atomic E-state index is 11.5. The Morgan fingerprint density at radius 2 is 2.50 bits per heavy atom. The first-order valence-electron chi connectivity index (χ1n) is 6.05.